The summed E-state index contributed by atoms with van der Waals surface area (Å²) in [5.74, 6) is -0.0638. The second-order valence-corrected chi connectivity index (χ2v) is 6.89. The third-order valence-electron chi connectivity index (χ3n) is 4.40. The first kappa shape index (κ1) is 16.9. The van der Waals surface area contributed by atoms with Crippen LogP contribution in [0, 0.1) is 5.82 Å². The van der Waals surface area contributed by atoms with Gasteiger partial charge in [-0.2, -0.15) is 0 Å². The van der Waals surface area contributed by atoms with Gasteiger partial charge in [-0.25, -0.2) is 19.2 Å². The minimum absolute atomic E-state index is 0.0362. The number of urea groups is 1. The lowest BCUT2D eigenvalue weighted by molar-refractivity contribution is -0.0410. The van der Waals surface area contributed by atoms with E-state index in [1.165, 1.54) is 0 Å². The second kappa shape index (κ2) is 6.88. The normalized spacial score (nSPS) is 26.8. The Morgan fingerprint density at radius 3 is 2.92 bits per heavy atom. The highest BCUT2D eigenvalue weighted by atomic mass is 19.1. The summed E-state index contributed by atoms with van der Waals surface area (Å²) in [5, 5.41) is 6.12. The van der Waals surface area contributed by atoms with E-state index in [-0.39, 0.29) is 23.7 Å². The van der Waals surface area contributed by atoms with E-state index in [2.05, 4.69) is 20.6 Å². The number of nitrogens with zero attached hydrogens (tertiary/aromatic N) is 3. The summed E-state index contributed by atoms with van der Waals surface area (Å²) in [6, 6.07) is 0.138. The number of anilines is 1. The maximum Gasteiger partial charge on any atom is 0.317 e. The molecule has 0 aromatic carbocycles. The fraction of sp³-hybridized carbons (Fsp3) is 0.688. The van der Waals surface area contributed by atoms with Crippen molar-refractivity contribution in [3.8, 4) is 0 Å². The lowest BCUT2D eigenvalue weighted by atomic mass is 9.89. The molecular weight excluding hydrogens is 313 g/mol. The predicted molar refractivity (Wildman–Crippen MR) is 87.2 cm³/mol. The SMILES string of the molecule is CC(C)NC(=O)N1CCCC2(CC(Nc3ncc(F)cn3)CO2)C1. The molecule has 0 aliphatic carbocycles. The summed E-state index contributed by atoms with van der Waals surface area (Å²) in [6.45, 7) is 5.77. The molecule has 24 heavy (non-hydrogen) atoms. The van der Waals surface area contributed by atoms with Crippen molar-refractivity contribution in [2.45, 2.75) is 50.8 Å². The monoisotopic (exact) mass is 337 g/mol. The molecule has 132 valence electrons. The number of carbonyl (C=O) groups excluding carboxylic acids is 1. The molecule has 2 aliphatic heterocycles. The summed E-state index contributed by atoms with van der Waals surface area (Å²) in [7, 11) is 0. The molecule has 8 heteroatoms. The minimum Gasteiger partial charge on any atom is -0.371 e. The number of hydrogen-bond acceptors (Lipinski definition) is 5. The molecule has 0 saturated carbocycles. The van der Waals surface area contributed by atoms with Crippen LogP contribution in [0.3, 0.4) is 0 Å². The number of halogens is 1. The number of aromatic nitrogens is 2. The number of nitrogens with one attached hydrogen (secondary N) is 2. The quantitative estimate of drug-likeness (QED) is 0.879. The lowest BCUT2D eigenvalue weighted by Crippen LogP contribution is -2.54. The van der Waals surface area contributed by atoms with Gasteiger partial charge in [-0.15, -0.1) is 0 Å². The lowest BCUT2D eigenvalue weighted by Gasteiger charge is -2.39. The number of carbonyl (C=O) groups is 1. The minimum atomic E-state index is -0.459. The molecule has 1 aromatic heterocycles. The number of ether oxygens (including phenoxy) is 1. The summed E-state index contributed by atoms with van der Waals surface area (Å²) in [6.07, 6.45) is 4.91. The van der Waals surface area contributed by atoms with Crippen LogP contribution in [-0.2, 0) is 4.74 Å². The predicted octanol–water partition coefficient (Wildman–Crippen LogP) is 1.77. The average Bonchev–Trinajstić information content (AvgIpc) is 2.91. The Morgan fingerprint density at radius 1 is 1.46 bits per heavy atom. The van der Waals surface area contributed by atoms with Crippen LogP contribution in [0.5, 0.6) is 0 Å². The summed E-state index contributed by atoms with van der Waals surface area (Å²) in [5.41, 5.74) is -0.315. The van der Waals surface area contributed by atoms with Gasteiger partial charge >= 0.3 is 6.03 Å². The number of hydrogen-bond donors (Lipinski definition) is 2. The largest absolute Gasteiger partial charge is 0.371 e. The van der Waals surface area contributed by atoms with E-state index in [4.69, 9.17) is 4.74 Å². The topological polar surface area (TPSA) is 79.4 Å². The first-order valence-corrected chi connectivity index (χ1v) is 8.39. The van der Waals surface area contributed by atoms with Gasteiger partial charge in [-0.05, 0) is 26.7 Å². The van der Waals surface area contributed by atoms with E-state index >= 15 is 0 Å². The molecule has 0 radical (unpaired) electrons. The van der Waals surface area contributed by atoms with E-state index in [0.29, 0.717) is 19.1 Å². The Balaban J connectivity index is 1.58. The molecule has 2 atom stereocenters. The van der Waals surface area contributed by atoms with E-state index in [1.807, 2.05) is 18.7 Å². The molecule has 2 saturated heterocycles. The molecule has 3 heterocycles. The van der Waals surface area contributed by atoms with E-state index < -0.39 is 5.82 Å². The first-order chi connectivity index (χ1) is 11.5. The van der Waals surface area contributed by atoms with E-state index in [1.54, 1.807) is 0 Å². The summed E-state index contributed by atoms with van der Waals surface area (Å²) in [4.78, 5) is 21.9. The van der Waals surface area contributed by atoms with Gasteiger partial charge in [0.05, 0.1) is 37.2 Å². The molecular formula is C16H24FN5O2. The molecule has 0 bridgehead atoms. The van der Waals surface area contributed by atoms with Crippen LogP contribution in [0.4, 0.5) is 15.1 Å². The third-order valence-corrected chi connectivity index (χ3v) is 4.40. The van der Waals surface area contributed by atoms with Crippen LogP contribution in [0.25, 0.3) is 0 Å². The molecule has 2 fully saturated rings. The van der Waals surface area contributed by atoms with Crippen LogP contribution >= 0.6 is 0 Å². The smallest absolute Gasteiger partial charge is 0.317 e. The molecule has 2 unspecified atom stereocenters. The summed E-state index contributed by atoms with van der Waals surface area (Å²) < 4.78 is 18.9. The number of amides is 2. The van der Waals surface area contributed by atoms with Crippen molar-refractivity contribution in [3.05, 3.63) is 18.2 Å². The van der Waals surface area contributed by atoms with Crippen molar-refractivity contribution < 1.29 is 13.9 Å². The van der Waals surface area contributed by atoms with Crippen molar-refractivity contribution in [3.63, 3.8) is 0 Å². The highest BCUT2D eigenvalue weighted by Gasteiger charge is 2.44. The molecule has 2 aliphatic rings. The maximum absolute atomic E-state index is 12.9. The van der Waals surface area contributed by atoms with Gasteiger partial charge in [-0.1, -0.05) is 0 Å². The van der Waals surface area contributed by atoms with Crippen LogP contribution in [0.2, 0.25) is 0 Å². The van der Waals surface area contributed by atoms with Crippen LogP contribution in [0.1, 0.15) is 33.1 Å². The average molecular weight is 337 g/mol. The van der Waals surface area contributed by atoms with E-state index in [9.17, 15) is 9.18 Å². The molecule has 1 aromatic rings. The zero-order valence-corrected chi connectivity index (χ0v) is 14.1. The number of likely N-dealkylation sites (tertiary alicyclic amines) is 1. The molecule has 7 nitrogen and oxygen atoms in total. The number of piperidine rings is 1. The maximum atomic E-state index is 12.9. The Morgan fingerprint density at radius 2 is 2.21 bits per heavy atom. The van der Waals surface area contributed by atoms with Gasteiger partial charge in [-0.3, -0.25) is 0 Å². The van der Waals surface area contributed by atoms with Crippen LogP contribution < -0.4 is 10.6 Å². The zero-order chi connectivity index (χ0) is 17.2. The Hall–Kier alpha value is -1.96. The van der Waals surface area contributed by atoms with Gasteiger partial charge in [0.15, 0.2) is 5.82 Å². The van der Waals surface area contributed by atoms with Crippen molar-refractivity contribution in [1.82, 2.24) is 20.2 Å². The van der Waals surface area contributed by atoms with Crippen LogP contribution in [0.15, 0.2) is 12.4 Å². The van der Waals surface area contributed by atoms with Gasteiger partial charge in [0, 0.05) is 19.0 Å². The highest BCUT2D eigenvalue weighted by Crippen LogP contribution is 2.35. The van der Waals surface area contributed by atoms with Gasteiger partial charge in [0.25, 0.3) is 0 Å². The van der Waals surface area contributed by atoms with Gasteiger partial charge in [0.2, 0.25) is 5.95 Å². The fourth-order valence-electron chi connectivity index (χ4n) is 3.40. The fourth-order valence-corrected chi connectivity index (χ4v) is 3.40. The zero-order valence-electron chi connectivity index (χ0n) is 14.1. The third kappa shape index (κ3) is 3.92. The van der Waals surface area contributed by atoms with Crippen molar-refractivity contribution in [2.24, 2.45) is 0 Å². The Kier molecular flexibility index (Phi) is 4.84. The van der Waals surface area contributed by atoms with Crippen molar-refractivity contribution >= 4 is 12.0 Å². The van der Waals surface area contributed by atoms with Gasteiger partial charge < -0.3 is 20.3 Å². The second-order valence-electron chi connectivity index (χ2n) is 6.89. The van der Waals surface area contributed by atoms with Gasteiger partial charge in [0.1, 0.15) is 0 Å². The summed E-state index contributed by atoms with van der Waals surface area (Å²) >= 11 is 0. The molecule has 3 rings (SSSR count). The van der Waals surface area contributed by atoms with Crippen LogP contribution in [-0.4, -0.2) is 58.3 Å². The van der Waals surface area contributed by atoms with Crippen molar-refractivity contribution in [2.75, 3.05) is 25.0 Å². The standard InChI is InChI=1S/C16H24FN5O2/c1-11(2)20-15(23)22-5-3-4-16(10-22)6-13(9-24-16)21-14-18-7-12(17)8-19-14/h7-8,11,13H,3-6,9-10H2,1-2H3,(H,20,23)(H,18,19,21). The number of rotatable bonds is 3. The first-order valence-electron chi connectivity index (χ1n) is 8.39. The molecule has 2 N–H and O–H groups in total. The molecule has 1 spiro atoms. The van der Waals surface area contributed by atoms with E-state index in [0.717, 1.165) is 38.2 Å². The highest BCUT2D eigenvalue weighted by molar-refractivity contribution is 5.74. The Labute approximate surface area is 141 Å². The molecule has 2 amide bonds. The Bertz CT molecular complexity index is 582. The van der Waals surface area contributed by atoms with Crippen molar-refractivity contribution in [1.29, 1.82) is 0 Å².